The van der Waals surface area contributed by atoms with Crippen molar-refractivity contribution in [3.05, 3.63) is 101 Å². The van der Waals surface area contributed by atoms with Gasteiger partial charge in [0.1, 0.15) is 5.75 Å². The molecule has 6 rings (SSSR count). The fourth-order valence-corrected chi connectivity index (χ4v) is 6.16. The van der Waals surface area contributed by atoms with Crippen LogP contribution in [0.25, 0.3) is 21.9 Å². The molecule has 0 bridgehead atoms. The zero-order valence-corrected chi connectivity index (χ0v) is 17.9. The highest BCUT2D eigenvalue weighted by atomic mass is 32.2. The van der Waals surface area contributed by atoms with Crippen molar-refractivity contribution in [2.75, 3.05) is 7.11 Å². The number of hydrogen-bond donors (Lipinski definition) is 0. The molecule has 0 unspecified atom stereocenters. The third-order valence-corrected chi connectivity index (χ3v) is 7.56. The van der Waals surface area contributed by atoms with Crippen LogP contribution in [0.5, 0.6) is 5.75 Å². The quantitative estimate of drug-likeness (QED) is 0.286. The molecule has 0 N–H and O–H groups in total. The summed E-state index contributed by atoms with van der Waals surface area (Å²) in [5.74, 6) is 1.38. The Kier molecular flexibility index (Phi) is 4.04. The van der Waals surface area contributed by atoms with Gasteiger partial charge in [-0.15, -0.1) is 0 Å². The first-order valence-corrected chi connectivity index (χ1v) is 11.3. The van der Waals surface area contributed by atoms with E-state index in [1.165, 1.54) is 54.0 Å². The topological polar surface area (TPSA) is 9.23 Å². The molecule has 4 aromatic rings. The summed E-state index contributed by atoms with van der Waals surface area (Å²) >= 11 is 1.86. The van der Waals surface area contributed by atoms with Crippen LogP contribution in [-0.4, -0.2) is 7.11 Å². The number of rotatable bonds is 1. The third kappa shape index (κ3) is 2.57. The average Bonchev–Trinajstić information content (AvgIpc) is 3.13. The van der Waals surface area contributed by atoms with E-state index < -0.39 is 0 Å². The van der Waals surface area contributed by atoms with Gasteiger partial charge in [-0.2, -0.15) is 0 Å². The number of hydrogen-bond acceptors (Lipinski definition) is 2. The van der Waals surface area contributed by atoms with Gasteiger partial charge in [-0.25, -0.2) is 0 Å². The lowest BCUT2D eigenvalue weighted by molar-refractivity contribution is 0.414. The second kappa shape index (κ2) is 6.78. The van der Waals surface area contributed by atoms with E-state index in [2.05, 4.69) is 85.8 Å². The molecule has 1 heterocycles. The van der Waals surface area contributed by atoms with Crippen molar-refractivity contribution in [2.45, 2.75) is 23.1 Å². The van der Waals surface area contributed by atoms with Gasteiger partial charge in [0.15, 0.2) is 0 Å². The fraction of sp³-hybridized carbons (Fsp3) is 0.143. The Morgan fingerprint density at radius 2 is 1.63 bits per heavy atom. The summed E-state index contributed by atoms with van der Waals surface area (Å²) in [4.78, 5) is 2.64. The zero-order valence-electron chi connectivity index (χ0n) is 17.1. The monoisotopic (exact) mass is 406 g/mol. The molecule has 30 heavy (non-hydrogen) atoms. The van der Waals surface area contributed by atoms with Gasteiger partial charge >= 0.3 is 0 Å². The normalized spacial score (nSPS) is 19.3. The molecular formula is C28H22OS. The third-order valence-electron chi connectivity index (χ3n) is 6.41. The van der Waals surface area contributed by atoms with E-state index in [1.807, 2.05) is 11.8 Å². The smallest absolute Gasteiger partial charge is 0.119 e. The van der Waals surface area contributed by atoms with Gasteiger partial charge in [0.05, 0.1) is 7.11 Å². The highest BCUT2D eigenvalue weighted by Crippen LogP contribution is 2.53. The maximum Gasteiger partial charge on any atom is 0.119 e. The number of fused-ring (bicyclic) bond motifs is 5. The Morgan fingerprint density at radius 1 is 0.833 bits per heavy atom. The Bertz CT molecular complexity index is 1350. The molecule has 0 saturated carbocycles. The number of ether oxygens (including phenoxy) is 1. The summed E-state index contributed by atoms with van der Waals surface area (Å²) in [6.07, 6.45) is 1.09. The first-order chi connectivity index (χ1) is 14.7. The van der Waals surface area contributed by atoms with Gasteiger partial charge in [-0.05, 0) is 75.2 Å². The second-order valence-corrected chi connectivity index (χ2v) is 9.26. The molecule has 1 aliphatic carbocycles. The molecule has 0 aromatic heterocycles. The Labute approximate surface area is 181 Å². The molecular weight excluding hydrogens is 384 g/mol. The second-order valence-electron chi connectivity index (χ2n) is 8.17. The molecule has 0 amide bonds. The molecule has 1 atom stereocenters. The molecule has 0 fully saturated rings. The van der Waals surface area contributed by atoms with Crippen molar-refractivity contribution >= 4 is 33.7 Å². The zero-order chi connectivity index (χ0) is 20.2. The van der Waals surface area contributed by atoms with E-state index in [1.54, 1.807) is 7.11 Å². The molecule has 1 aliphatic heterocycles. The predicted octanol–water partition coefficient (Wildman–Crippen LogP) is 7.46. The SMILES string of the molecule is COc1ccc2c(c1)/C(=C1/c3c(ccc4ccccc34)C[C@@H]1C)c1ccccc1S2. The van der Waals surface area contributed by atoms with Gasteiger partial charge in [-0.3, -0.25) is 0 Å². The maximum absolute atomic E-state index is 5.61. The Morgan fingerprint density at radius 3 is 2.53 bits per heavy atom. The lowest BCUT2D eigenvalue weighted by Crippen LogP contribution is -2.05. The fourth-order valence-electron chi connectivity index (χ4n) is 5.09. The number of benzene rings is 4. The van der Waals surface area contributed by atoms with E-state index >= 15 is 0 Å². The predicted molar refractivity (Wildman–Crippen MR) is 126 cm³/mol. The summed E-state index contributed by atoms with van der Waals surface area (Å²) in [6.45, 7) is 2.38. The molecule has 2 heteroatoms. The maximum atomic E-state index is 5.61. The van der Waals surface area contributed by atoms with Crippen LogP contribution in [-0.2, 0) is 6.42 Å². The van der Waals surface area contributed by atoms with Crippen LogP contribution in [0.1, 0.15) is 29.2 Å². The van der Waals surface area contributed by atoms with Crippen LogP contribution in [0.15, 0.2) is 88.7 Å². The molecule has 0 radical (unpaired) electrons. The van der Waals surface area contributed by atoms with Crippen LogP contribution in [0.3, 0.4) is 0 Å². The molecule has 4 aromatic carbocycles. The minimum Gasteiger partial charge on any atom is -0.497 e. The molecule has 0 spiro atoms. The average molecular weight is 407 g/mol. The summed E-state index contributed by atoms with van der Waals surface area (Å²) < 4.78 is 5.61. The minimum atomic E-state index is 0.469. The molecule has 146 valence electrons. The van der Waals surface area contributed by atoms with Crippen LogP contribution < -0.4 is 4.74 Å². The van der Waals surface area contributed by atoms with Crippen molar-refractivity contribution in [1.29, 1.82) is 0 Å². The first-order valence-electron chi connectivity index (χ1n) is 10.5. The summed E-state index contributed by atoms with van der Waals surface area (Å²) in [6, 6.07) is 28.7. The van der Waals surface area contributed by atoms with Crippen LogP contribution in [0.2, 0.25) is 0 Å². The van der Waals surface area contributed by atoms with E-state index in [0.717, 1.165) is 12.2 Å². The summed E-state index contributed by atoms with van der Waals surface area (Å²) in [5.41, 5.74) is 8.38. The lowest BCUT2D eigenvalue weighted by atomic mass is 9.85. The van der Waals surface area contributed by atoms with Crippen LogP contribution in [0, 0.1) is 5.92 Å². The molecule has 2 aliphatic rings. The van der Waals surface area contributed by atoms with Gasteiger partial charge in [0.2, 0.25) is 0 Å². The van der Waals surface area contributed by atoms with Crippen molar-refractivity contribution in [3.8, 4) is 5.75 Å². The Balaban J connectivity index is 1.76. The van der Waals surface area contributed by atoms with E-state index in [-0.39, 0.29) is 0 Å². The standard InChI is InChI=1S/C28H22OS/c1-17-15-19-12-11-18-7-3-4-8-21(18)27(19)26(17)28-22-9-5-6-10-24(22)30-25-14-13-20(29-2)16-23(25)28/h3-14,16-17H,15H2,1-2H3/b28-26+/t17-/m0/s1. The van der Waals surface area contributed by atoms with E-state index in [9.17, 15) is 0 Å². The van der Waals surface area contributed by atoms with E-state index in [4.69, 9.17) is 4.74 Å². The number of methoxy groups -OCH3 is 1. The highest BCUT2D eigenvalue weighted by molar-refractivity contribution is 7.99. The molecule has 1 nitrogen and oxygen atoms in total. The minimum absolute atomic E-state index is 0.469. The van der Waals surface area contributed by atoms with Crippen molar-refractivity contribution in [1.82, 2.24) is 0 Å². The summed E-state index contributed by atoms with van der Waals surface area (Å²) in [7, 11) is 1.75. The largest absolute Gasteiger partial charge is 0.497 e. The van der Waals surface area contributed by atoms with Gasteiger partial charge in [-0.1, -0.05) is 73.3 Å². The Hall–Kier alpha value is -2.97. The molecule has 0 saturated heterocycles. The first kappa shape index (κ1) is 17.9. The van der Waals surface area contributed by atoms with Crippen molar-refractivity contribution < 1.29 is 4.74 Å². The van der Waals surface area contributed by atoms with Crippen LogP contribution in [0.4, 0.5) is 0 Å². The van der Waals surface area contributed by atoms with Gasteiger partial charge in [0.25, 0.3) is 0 Å². The lowest BCUT2D eigenvalue weighted by Gasteiger charge is -2.26. The number of allylic oxidation sites excluding steroid dienone is 1. The van der Waals surface area contributed by atoms with Crippen LogP contribution >= 0.6 is 11.8 Å². The van der Waals surface area contributed by atoms with Gasteiger partial charge < -0.3 is 4.74 Å². The summed E-state index contributed by atoms with van der Waals surface area (Å²) in [5, 5.41) is 2.68. The van der Waals surface area contributed by atoms with Crippen molar-refractivity contribution in [2.24, 2.45) is 5.92 Å². The van der Waals surface area contributed by atoms with E-state index in [0.29, 0.717) is 5.92 Å². The highest BCUT2D eigenvalue weighted by Gasteiger charge is 2.32. The van der Waals surface area contributed by atoms with Crippen molar-refractivity contribution in [3.63, 3.8) is 0 Å². The van der Waals surface area contributed by atoms with Gasteiger partial charge in [0, 0.05) is 15.4 Å².